The highest BCUT2D eigenvalue weighted by Crippen LogP contribution is 2.07. The Balaban J connectivity index is 3.79. The topological polar surface area (TPSA) is 52.0 Å². The van der Waals surface area contributed by atoms with Crippen LogP contribution in [0.4, 0.5) is 0 Å². The molecule has 0 heterocycles. The Bertz CT molecular complexity index is 82.2. The van der Waals surface area contributed by atoms with Gasteiger partial charge < -0.3 is 0 Å². The van der Waals surface area contributed by atoms with Crippen LogP contribution in [0.1, 0.15) is 6.92 Å². The van der Waals surface area contributed by atoms with Crippen LogP contribution in [0.5, 0.6) is 0 Å². The van der Waals surface area contributed by atoms with Gasteiger partial charge in [0.25, 0.3) is 0 Å². The summed E-state index contributed by atoms with van der Waals surface area (Å²) in [6.07, 6.45) is 0. The third kappa shape index (κ3) is 2.62. The van der Waals surface area contributed by atoms with Gasteiger partial charge in [0.1, 0.15) is 0 Å². The molecule has 0 atom stereocenters. The molecule has 0 saturated carbocycles. The van der Waals surface area contributed by atoms with E-state index in [-0.39, 0.29) is 0 Å². The second kappa shape index (κ2) is 1.82. The molecule has 3 heteroatoms. The van der Waals surface area contributed by atoms with Gasteiger partial charge in [-0.25, -0.2) is 0 Å². The molecule has 0 aliphatic heterocycles. The summed E-state index contributed by atoms with van der Waals surface area (Å²) >= 11 is 5.32. The molecular weight excluding hydrogens is 112 g/mol. The van der Waals surface area contributed by atoms with Gasteiger partial charge >= 0.3 is 0 Å². The lowest BCUT2D eigenvalue weighted by molar-refractivity contribution is 0.736. The maximum Gasteiger partial charge on any atom is 0.163 e. The van der Waals surface area contributed by atoms with E-state index in [4.69, 9.17) is 23.1 Å². The van der Waals surface area contributed by atoms with Gasteiger partial charge in [-0.2, -0.15) is 0 Å². The monoisotopic (exact) mass is 120 g/mol. The lowest BCUT2D eigenvalue weighted by Crippen LogP contribution is -2.43. The summed E-state index contributed by atoms with van der Waals surface area (Å²) in [4.78, 5) is 0. The van der Waals surface area contributed by atoms with E-state index in [1.54, 1.807) is 6.92 Å². The molecule has 0 bridgehead atoms. The average Bonchev–Trinajstić information content (AvgIpc) is 1.31. The highest BCUT2D eigenvalue weighted by molar-refractivity contribution is 6.24. The molecule has 0 aromatic rings. The van der Waals surface area contributed by atoms with E-state index < -0.39 is 5.12 Å². The molecule has 0 radical (unpaired) electrons. The van der Waals surface area contributed by atoms with Crippen LogP contribution in [-0.4, -0.2) is 5.12 Å². The van der Waals surface area contributed by atoms with Crippen molar-refractivity contribution in [3.63, 3.8) is 0 Å². The Morgan fingerprint density at radius 1 is 1.71 bits per heavy atom. The molecular formula is C4H9ClN2. The zero-order valence-electron chi connectivity index (χ0n) is 4.24. The van der Waals surface area contributed by atoms with Crippen LogP contribution >= 0.6 is 11.6 Å². The van der Waals surface area contributed by atoms with E-state index in [1.807, 2.05) is 0 Å². The van der Waals surface area contributed by atoms with Gasteiger partial charge in [-0.1, -0.05) is 18.2 Å². The fourth-order valence-electron chi connectivity index (χ4n) is 0. The second-order valence-corrected chi connectivity index (χ2v) is 2.17. The Morgan fingerprint density at radius 3 is 1.86 bits per heavy atom. The molecule has 2 nitrogen and oxygen atoms in total. The van der Waals surface area contributed by atoms with Crippen molar-refractivity contribution in [3.05, 3.63) is 12.2 Å². The van der Waals surface area contributed by atoms with Crippen molar-refractivity contribution in [1.82, 2.24) is 0 Å². The van der Waals surface area contributed by atoms with Crippen LogP contribution in [0.3, 0.4) is 0 Å². The van der Waals surface area contributed by atoms with E-state index in [1.165, 1.54) is 0 Å². The zero-order valence-corrected chi connectivity index (χ0v) is 5.00. The molecule has 0 spiro atoms. The summed E-state index contributed by atoms with van der Waals surface area (Å²) in [5.74, 6) is 0. The van der Waals surface area contributed by atoms with Crippen LogP contribution < -0.4 is 11.5 Å². The summed E-state index contributed by atoms with van der Waals surface area (Å²) in [5, 5.41) is -1.22. The molecule has 0 fully saturated rings. The number of alkyl halides is 1. The number of hydrogen-bond donors (Lipinski definition) is 2. The van der Waals surface area contributed by atoms with Gasteiger partial charge in [-0.3, -0.25) is 11.5 Å². The molecule has 42 valence electrons. The van der Waals surface area contributed by atoms with Crippen LogP contribution in [0, 0.1) is 0 Å². The average molecular weight is 121 g/mol. The van der Waals surface area contributed by atoms with Crippen molar-refractivity contribution >= 4 is 11.6 Å². The standard InChI is InChI=1S/C4H9ClN2/c1-3(2)4(5,6)7/h1,6-7H2,2H3. The maximum atomic E-state index is 5.32. The molecule has 0 amide bonds. The quantitative estimate of drug-likeness (QED) is 0.227. The first-order valence-corrected chi connectivity index (χ1v) is 2.25. The van der Waals surface area contributed by atoms with Gasteiger partial charge in [0, 0.05) is 0 Å². The summed E-state index contributed by atoms with van der Waals surface area (Å²) < 4.78 is 0. The Morgan fingerprint density at radius 2 is 1.86 bits per heavy atom. The molecule has 7 heavy (non-hydrogen) atoms. The molecule has 4 N–H and O–H groups in total. The third-order valence-corrected chi connectivity index (χ3v) is 0.977. The first-order valence-electron chi connectivity index (χ1n) is 1.87. The van der Waals surface area contributed by atoms with Crippen molar-refractivity contribution in [2.75, 3.05) is 0 Å². The SMILES string of the molecule is C=C(C)C(N)(N)Cl. The first kappa shape index (κ1) is 6.95. The largest absolute Gasteiger partial charge is 0.297 e. The Kier molecular flexibility index (Phi) is 1.81. The summed E-state index contributed by atoms with van der Waals surface area (Å²) in [7, 11) is 0. The minimum absolute atomic E-state index is 0.564. The fourth-order valence-corrected chi connectivity index (χ4v) is 0. The van der Waals surface area contributed by atoms with E-state index in [0.29, 0.717) is 5.57 Å². The van der Waals surface area contributed by atoms with E-state index in [9.17, 15) is 0 Å². The van der Waals surface area contributed by atoms with Crippen LogP contribution in [-0.2, 0) is 0 Å². The molecule has 0 saturated heterocycles. The Labute approximate surface area is 48.1 Å². The van der Waals surface area contributed by atoms with E-state index in [0.717, 1.165) is 0 Å². The predicted molar refractivity (Wildman–Crippen MR) is 31.8 cm³/mol. The van der Waals surface area contributed by atoms with Gasteiger partial charge in [0.2, 0.25) is 0 Å². The molecule has 0 aliphatic carbocycles. The minimum Gasteiger partial charge on any atom is -0.297 e. The molecule has 0 aromatic carbocycles. The maximum absolute atomic E-state index is 5.32. The van der Waals surface area contributed by atoms with Crippen molar-refractivity contribution in [2.24, 2.45) is 11.5 Å². The minimum atomic E-state index is -1.22. The van der Waals surface area contributed by atoms with Crippen molar-refractivity contribution in [1.29, 1.82) is 0 Å². The van der Waals surface area contributed by atoms with E-state index in [2.05, 4.69) is 6.58 Å². The normalized spacial score (nSPS) is 11.4. The summed E-state index contributed by atoms with van der Waals surface area (Å²) in [5.41, 5.74) is 10.8. The second-order valence-electron chi connectivity index (χ2n) is 1.55. The van der Waals surface area contributed by atoms with Crippen molar-refractivity contribution in [2.45, 2.75) is 12.0 Å². The third-order valence-electron chi connectivity index (χ3n) is 0.654. The summed E-state index contributed by atoms with van der Waals surface area (Å²) in [6.45, 7) is 5.12. The molecule has 0 aromatic heterocycles. The van der Waals surface area contributed by atoms with Crippen LogP contribution in [0.25, 0.3) is 0 Å². The first-order chi connectivity index (χ1) is 2.94. The number of hydrogen-bond acceptors (Lipinski definition) is 2. The zero-order chi connectivity index (χ0) is 6.08. The molecule has 0 aliphatic rings. The lowest BCUT2D eigenvalue weighted by Gasteiger charge is -2.13. The van der Waals surface area contributed by atoms with Crippen LogP contribution in [0.2, 0.25) is 0 Å². The number of rotatable bonds is 1. The predicted octanol–water partition coefficient (Wildman–Crippen LogP) is 0.373. The van der Waals surface area contributed by atoms with Gasteiger partial charge in [-0.15, -0.1) is 0 Å². The van der Waals surface area contributed by atoms with Crippen molar-refractivity contribution in [3.8, 4) is 0 Å². The van der Waals surface area contributed by atoms with E-state index >= 15 is 0 Å². The molecule has 0 rings (SSSR count). The Hall–Kier alpha value is -0.0500. The van der Waals surface area contributed by atoms with Gasteiger partial charge in [0.05, 0.1) is 0 Å². The van der Waals surface area contributed by atoms with Gasteiger partial charge in [-0.05, 0) is 12.5 Å². The van der Waals surface area contributed by atoms with Gasteiger partial charge in [0.15, 0.2) is 5.12 Å². The molecule has 0 unspecified atom stereocenters. The smallest absolute Gasteiger partial charge is 0.163 e. The highest BCUT2D eigenvalue weighted by Gasteiger charge is 2.13. The van der Waals surface area contributed by atoms with Crippen molar-refractivity contribution < 1.29 is 0 Å². The fraction of sp³-hybridized carbons (Fsp3) is 0.500. The highest BCUT2D eigenvalue weighted by atomic mass is 35.5. The number of nitrogens with two attached hydrogens (primary N) is 2. The summed E-state index contributed by atoms with van der Waals surface area (Å²) in [6, 6.07) is 0. The number of halogens is 1. The van der Waals surface area contributed by atoms with Crippen LogP contribution in [0.15, 0.2) is 12.2 Å². The lowest BCUT2D eigenvalue weighted by atomic mass is 10.3.